The lowest BCUT2D eigenvalue weighted by molar-refractivity contribution is 1.57. The highest BCUT2D eigenvalue weighted by molar-refractivity contribution is 6.34. The number of rotatable bonds is 3. The zero-order valence-corrected chi connectivity index (χ0v) is 18.8. The Kier molecular flexibility index (Phi) is 4.94. The molecule has 156 valence electrons. The van der Waals surface area contributed by atoms with Crippen molar-refractivity contribution in [3.8, 4) is 33.4 Å². The Labute approximate surface area is 198 Å². The minimum absolute atomic E-state index is 0.758. The van der Waals surface area contributed by atoms with Gasteiger partial charge < -0.3 is 0 Å². The van der Waals surface area contributed by atoms with Crippen LogP contribution in [0.4, 0.5) is 0 Å². The van der Waals surface area contributed by atoms with Crippen LogP contribution in [0.1, 0.15) is 0 Å². The van der Waals surface area contributed by atoms with E-state index in [1.54, 1.807) is 0 Å². The summed E-state index contributed by atoms with van der Waals surface area (Å²) in [6.45, 7) is 0. The molecule has 0 aliphatic heterocycles. The molecule has 0 fully saturated rings. The fraction of sp³-hybridized carbons (Fsp3) is 0. The van der Waals surface area contributed by atoms with Crippen molar-refractivity contribution in [2.45, 2.75) is 0 Å². The minimum atomic E-state index is 0.758. The summed E-state index contributed by atoms with van der Waals surface area (Å²) in [6, 6.07) is 44.9. The van der Waals surface area contributed by atoms with Gasteiger partial charge in [0, 0.05) is 10.6 Å². The van der Waals surface area contributed by atoms with Crippen LogP contribution >= 0.6 is 11.6 Å². The summed E-state index contributed by atoms with van der Waals surface area (Å²) in [5.41, 5.74) is 6.91. The summed E-state index contributed by atoms with van der Waals surface area (Å²) in [5.74, 6) is 0. The Morgan fingerprint density at radius 2 is 0.939 bits per heavy atom. The van der Waals surface area contributed by atoms with Crippen LogP contribution in [0.3, 0.4) is 0 Å². The van der Waals surface area contributed by atoms with Crippen molar-refractivity contribution < 1.29 is 0 Å². The van der Waals surface area contributed by atoms with Crippen LogP contribution in [0.15, 0.2) is 127 Å². The lowest BCUT2D eigenvalue weighted by Gasteiger charge is -2.20. The first kappa shape index (κ1) is 19.8. The summed E-state index contributed by atoms with van der Waals surface area (Å²) in [7, 11) is 0. The van der Waals surface area contributed by atoms with Gasteiger partial charge in [-0.15, -0.1) is 0 Å². The SMILES string of the molecule is Clc1ccc(-c2cc3ccccc3c3ccccc23)c(-c2ccccc2)c1-c1ccccc1. The Morgan fingerprint density at radius 3 is 1.64 bits per heavy atom. The van der Waals surface area contributed by atoms with E-state index in [1.807, 2.05) is 12.1 Å². The van der Waals surface area contributed by atoms with E-state index in [-0.39, 0.29) is 0 Å². The highest BCUT2D eigenvalue weighted by atomic mass is 35.5. The van der Waals surface area contributed by atoms with Crippen LogP contribution in [-0.4, -0.2) is 0 Å². The second-order valence-electron chi connectivity index (χ2n) is 8.27. The molecule has 0 unspecified atom stereocenters. The molecule has 33 heavy (non-hydrogen) atoms. The molecule has 0 bridgehead atoms. The number of fused-ring (bicyclic) bond motifs is 3. The average molecular weight is 441 g/mol. The summed E-state index contributed by atoms with van der Waals surface area (Å²) in [4.78, 5) is 0. The fourth-order valence-corrected chi connectivity index (χ4v) is 5.14. The molecule has 0 amide bonds. The minimum Gasteiger partial charge on any atom is -0.0836 e. The standard InChI is InChI=1S/C32H21Cl/c33-30-20-19-28(29-21-24-15-7-8-16-25(24)26-17-9-10-18-27(26)29)31(22-11-3-1-4-12-22)32(30)23-13-5-2-6-14-23/h1-21H. The maximum atomic E-state index is 6.89. The predicted octanol–water partition coefficient (Wildman–Crippen LogP) is 9.65. The van der Waals surface area contributed by atoms with Crippen LogP contribution in [0.25, 0.3) is 54.9 Å². The van der Waals surface area contributed by atoms with Crippen LogP contribution in [0.2, 0.25) is 5.02 Å². The largest absolute Gasteiger partial charge is 0.0836 e. The molecule has 0 saturated carbocycles. The van der Waals surface area contributed by atoms with Crippen LogP contribution in [0, 0.1) is 0 Å². The molecule has 0 heterocycles. The van der Waals surface area contributed by atoms with Gasteiger partial charge in [-0.25, -0.2) is 0 Å². The van der Waals surface area contributed by atoms with Crippen LogP contribution < -0.4 is 0 Å². The maximum absolute atomic E-state index is 6.89. The molecule has 0 saturated heterocycles. The third-order valence-corrected chi connectivity index (χ3v) is 6.65. The van der Waals surface area contributed by atoms with Gasteiger partial charge in [0.1, 0.15) is 0 Å². The van der Waals surface area contributed by atoms with Gasteiger partial charge in [0.2, 0.25) is 0 Å². The third kappa shape index (κ3) is 3.40. The van der Waals surface area contributed by atoms with Gasteiger partial charge >= 0.3 is 0 Å². The lowest BCUT2D eigenvalue weighted by atomic mass is 9.85. The second-order valence-corrected chi connectivity index (χ2v) is 8.68. The molecular formula is C32H21Cl. The van der Waals surface area contributed by atoms with E-state index in [4.69, 9.17) is 11.6 Å². The third-order valence-electron chi connectivity index (χ3n) is 6.34. The van der Waals surface area contributed by atoms with Gasteiger partial charge in [-0.2, -0.15) is 0 Å². The molecule has 0 spiro atoms. The van der Waals surface area contributed by atoms with Crippen LogP contribution in [0.5, 0.6) is 0 Å². The number of benzene rings is 6. The van der Waals surface area contributed by atoms with Crippen molar-refractivity contribution in [3.63, 3.8) is 0 Å². The lowest BCUT2D eigenvalue weighted by Crippen LogP contribution is -1.93. The van der Waals surface area contributed by atoms with Crippen LogP contribution in [-0.2, 0) is 0 Å². The van der Waals surface area contributed by atoms with E-state index in [0.717, 1.165) is 27.3 Å². The van der Waals surface area contributed by atoms with E-state index in [2.05, 4.69) is 115 Å². The molecule has 0 N–H and O–H groups in total. The van der Waals surface area contributed by atoms with E-state index in [9.17, 15) is 0 Å². The van der Waals surface area contributed by atoms with E-state index < -0.39 is 0 Å². The second kappa shape index (κ2) is 8.24. The summed E-state index contributed by atoms with van der Waals surface area (Å²) >= 11 is 6.89. The van der Waals surface area contributed by atoms with Crippen molar-refractivity contribution in [2.24, 2.45) is 0 Å². The molecule has 6 rings (SSSR count). The smallest absolute Gasteiger partial charge is 0.0491 e. The van der Waals surface area contributed by atoms with Crippen molar-refractivity contribution >= 4 is 33.1 Å². The molecule has 6 aromatic rings. The molecule has 0 aliphatic rings. The van der Waals surface area contributed by atoms with Gasteiger partial charge in [0.05, 0.1) is 0 Å². The van der Waals surface area contributed by atoms with Crippen molar-refractivity contribution in [3.05, 3.63) is 132 Å². The number of halogens is 1. The Balaban J connectivity index is 1.77. The average Bonchev–Trinajstić information content (AvgIpc) is 2.89. The number of hydrogen-bond acceptors (Lipinski definition) is 0. The monoisotopic (exact) mass is 440 g/mol. The maximum Gasteiger partial charge on any atom is 0.0491 e. The molecule has 0 aliphatic carbocycles. The van der Waals surface area contributed by atoms with E-state index in [0.29, 0.717) is 0 Å². The Bertz CT molecular complexity index is 1600. The van der Waals surface area contributed by atoms with Gasteiger partial charge in [-0.1, -0.05) is 127 Å². The molecule has 0 nitrogen and oxygen atoms in total. The molecule has 6 aromatic carbocycles. The molecule has 0 atom stereocenters. The van der Waals surface area contributed by atoms with E-state index >= 15 is 0 Å². The van der Waals surface area contributed by atoms with Crippen molar-refractivity contribution in [1.82, 2.24) is 0 Å². The first-order valence-corrected chi connectivity index (χ1v) is 11.5. The summed E-state index contributed by atoms with van der Waals surface area (Å²) < 4.78 is 0. The molecular weight excluding hydrogens is 420 g/mol. The summed E-state index contributed by atoms with van der Waals surface area (Å²) in [5, 5.41) is 5.78. The number of hydrogen-bond donors (Lipinski definition) is 0. The van der Waals surface area contributed by atoms with Gasteiger partial charge in [-0.05, 0) is 61.5 Å². The quantitative estimate of drug-likeness (QED) is 0.240. The summed E-state index contributed by atoms with van der Waals surface area (Å²) in [6.07, 6.45) is 0. The van der Waals surface area contributed by atoms with Gasteiger partial charge in [0.25, 0.3) is 0 Å². The Morgan fingerprint density at radius 1 is 0.394 bits per heavy atom. The topological polar surface area (TPSA) is 0 Å². The molecule has 1 heteroatoms. The van der Waals surface area contributed by atoms with E-state index in [1.165, 1.54) is 32.7 Å². The van der Waals surface area contributed by atoms with Crippen molar-refractivity contribution in [1.29, 1.82) is 0 Å². The molecule has 0 radical (unpaired) electrons. The molecule has 0 aromatic heterocycles. The highest BCUT2D eigenvalue weighted by Crippen LogP contribution is 2.46. The zero-order valence-electron chi connectivity index (χ0n) is 18.0. The van der Waals surface area contributed by atoms with Gasteiger partial charge in [0.15, 0.2) is 0 Å². The zero-order chi connectivity index (χ0) is 22.2. The first-order chi connectivity index (χ1) is 16.3. The first-order valence-electron chi connectivity index (χ1n) is 11.2. The fourth-order valence-electron chi connectivity index (χ4n) is 4.87. The van der Waals surface area contributed by atoms with Gasteiger partial charge in [-0.3, -0.25) is 0 Å². The highest BCUT2D eigenvalue weighted by Gasteiger charge is 2.19. The predicted molar refractivity (Wildman–Crippen MR) is 143 cm³/mol. The van der Waals surface area contributed by atoms with Crippen molar-refractivity contribution in [2.75, 3.05) is 0 Å². The Hall–Kier alpha value is -3.87. The normalized spacial score (nSPS) is 11.2.